The van der Waals surface area contributed by atoms with Gasteiger partial charge in [0, 0.05) is 19.8 Å². The summed E-state index contributed by atoms with van der Waals surface area (Å²) < 4.78 is 0. The molecule has 1 amide bonds. The molecule has 0 spiro atoms. The molecule has 20 heavy (non-hydrogen) atoms. The van der Waals surface area contributed by atoms with E-state index in [1.54, 1.807) is 11.8 Å². The van der Waals surface area contributed by atoms with E-state index in [-0.39, 0.29) is 5.91 Å². The first-order chi connectivity index (χ1) is 9.74. The second kappa shape index (κ2) is 4.48. The number of carbonyl (C=O) groups is 1. The number of quaternary nitrogens is 1. The molecule has 0 saturated carbocycles. The van der Waals surface area contributed by atoms with Gasteiger partial charge in [-0.15, -0.1) is 0 Å². The molecule has 5 rings (SSSR count). The van der Waals surface area contributed by atoms with Crippen LogP contribution in [-0.4, -0.2) is 37.6 Å². The second-order valence-corrected chi connectivity index (χ2v) is 6.42. The molecule has 4 heterocycles. The number of nitrogens with zero attached hydrogens (tertiary/aromatic N) is 1. The van der Waals surface area contributed by atoms with E-state index in [4.69, 9.17) is 0 Å². The van der Waals surface area contributed by atoms with Crippen LogP contribution < -0.4 is 15.1 Å². The number of carbonyl (C=O) groups excluding carboxylic acids is 1. The van der Waals surface area contributed by atoms with Crippen LogP contribution in [0.2, 0.25) is 0 Å². The van der Waals surface area contributed by atoms with Crippen LogP contribution in [0.1, 0.15) is 19.8 Å². The predicted octanol–water partition coefficient (Wildman–Crippen LogP) is 0.511. The van der Waals surface area contributed by atoms with Crippen molar-refractivity contribution in [3.63, 3.8) is 0 Å². The fourth-order valence-corrected chi connectivity index (χ4v) is 4.39. The molecule has 4 aliphatic heterocycles. The average molecular weight is 272 g/mol. The highest BCUT2D eigenvalue weighted by Crippen LogP contribution is 2.34. The number of para-hydroxylation sites is 2. The van der Waals surface area contributed by atoms with E-state index in [2.05, 4.69) is 23.5 Å². The molecular formula is C16H22N3O+. The van der Waals surface area contributed by atoms with Gasteiger partial charge in [-0.1, -0.05) is 12.1 Å². The van der Waals surface area contributed by atoms with Crippen molar-refractivity contribution >= 4 is 17.3 Å². The molecule has 2 atom stereocenters. The minimum absolute atomic E-state index is 0.155. The normalized spacial score (nSPS) is 34.8. The summed E-state index contributed by atoms with van der Waals surface area (Å²) >= 11 is 0. The van der Waals surface area contributed by atoms with E-state index in [0.717, 1.165) is 23.8 Å². The van der Waals surface area contributed by atoms with Crippen molar-refractivity contribution in [1.29, 1.82) is 0 Å². The third kappa shape index (κ3) is 1.74. The Labute approximate surface area is 119 Å². The Kier molecular flexibility index (Phi) is 2.74. The number of fused-ring (bicyclic) bond motifs is 3. The summed E-state index contributed by atoms with van der Waals surface area (Å²) in [5, 5.41) is 3.76. The Morgan fingerprint density at radius 1 is 1.30 bits per heavy atom. The van der Waals surface area contributed by atoms with E-state index in [1.165, 1.54) is 25.9 Å². The average Bonchev–Trinajstić information content (AvgIpc) is 2.66. The maximum absolute atomic E-state index is 12.1. The van der Waals surface area contributed by atoms with Crippen molar-refractivity contribution in [2.24, 2.45) is 5.92 Å². The number of hydrogen-bond donors (Lipinski definition) is 2. The van der Waals surface area contributed by atoms with E-state index in [9.17, 15) is 4.79 Å². The second-order valence-electron chi connectivity index (χ2n) is 6.42. The molecule has 3 fully saturated rings. The van der Waals surface area contributed by atoms with Crippen LogP contribution in [0.15, 0.2) is 24.3 Å². The van der Waals surface area contributed by atoms with E-state index < -0.39 is 0 Å². The van der Waals surface area contributed by atoms with Crippen molar-refractivity contribution in [3.05, 3.63) is 24.3 Å². The number of anilines is 2. The van der Waals surface area contributed by atoms with Gasteiger partial charge in [-0.3, -0.25) is 4.79 Å². The highest BCUT2D eigenvalue weighted by molar-refractivity contribution is 5.95. The molecule has 0 radical (unpaired) electrons. The van der Waals surface area contributed by atoms with Crippen LogP contribution in [0, 0.1) is 5.92 Å². The first kappa shape index (κ1) is 12.2. The van der Waals surface area contributed by atoms with Crippen molar-refractivity contribution in [2.45, 2.75) is 31.8 Å². The van der Waals surface area contributed by atoms with Gasteiger partial charge in [-0.2, -0.15) is 0 Å². The zero-order valence-corrected chi connectivity index (χ0v) is 11.9. The summed E-state index contributed by atoms with van der Waals surface area (Å²) in [5.74, 6) is 0.930. The fourth-order valence-electron chi connectivity index (χ4n) is 4.39. The van der Waals surface area contributed by atoms with Crippen molar-refractivity contribution < 1.29 is 9.69 Å². The monoisotopic (exact) mass is 272 g/mol. The molecule has 4 nitrogen and oxygen atoms in total. The summed E-state index contributed by atoms with van der Waals surface area (Å²) in [7, 11) is 0. The zero-order valence-electron chi connectivity index (χ0n) is 11.9. The topological polar surface area (TPSA) is 36.8 Å². The summed E-state index contributed by atoms with van der Waals surface area (Å²) in [5.41, 5.74) is 2.18. The lowest BCUT2D eigenvalue weighted by Crippen LogP contribution is -3.21. The number of hydrogen-bond acceptors (Lipinski definition) is 2. The summed E-state index contributed by atoms with van der Waals surface area (Å²) in [6.45, 7) is 5.09. The predicted molar refractivity (Wildman–Crippen MR) is 79.1 cm³/mol. The van der Waals surface area contributed by atoms with Crippen LogP contribution in [0.5, 0.6) is 0 Å². The number of amides is 1. The van der Waals surface area contributed by atoms with E-state index in [1.807, 2.05) is 11.0 Å². The first-order valence-corrected chi connectivity index (χ1v) is 7.72. The molecule has 2 unspecified atom stereocenters. The lowest BCUT2D eigenvalue weighted by Gasteiger charge is -2.48. The van der Waals surface area contributed by atoms with Gasteiger partial charge in [-0.05, 0) is 18.1 Å². The van der Waals surface area contributed by atoms with Crippen molar-refractivity contribution in [1.82, 2.24) is 0 Å². The maximum Gasteiger partial charge on any atom is 0.224 e. The van der Waals surface area contributed by atoms with Crippen LogP contribution in [0.25, 0.3) is 0 Å². The number of nitrogens with one attached hydrogen (secondary N) is 2. The van der Waals surface area contributed by atoms with Gasteiger partial charge < -0.3 is 15.1 Å². The van der Waals surface area contributed by atoms with Crippen molar-refractivity contribution in [2.75, 3.05) is 29.9 Å². The molecule has 0 aromatic heterocycles. The van der Waals surface area contributed by atoms with Gasteiger partial charge in [0.05, 0.1) is 37.1 Å². The van der Waals surface area contributed by atoms with Gasteiger partial charge in [0.2, 0.25) is 5.91 Å². The molecule has 4 heteroatoms. The highest BCUT2D eigenvalue weighted by Gasteiger charge is 2.48. The lowest BCUT2D eigenvalue weighted by molar-refractivity contribution is -0.940. The molecule has 4 aliphatic rings. The molecule has 2 bridgehead atoms. The molecule has 1 aromatic rings. The molecule has 1 aromatic carbocycles. The van der Waals surface area contributed by atoms with Gasteiger partial charge >= 0.3 is 0 Å². The van der Waals surface area contributed by atoms with Gasteiger partial charge in [-0.25, -0.2) is 0 Å². The largest absolute Gasteiger partial charge is 0.374 e. The zero-order chi connectivity index (χ0) is 13.7. The minimum Gasteiger partial charge on any atom is -0.374 e. The van der Waals surface area contributed by atoms with Crippen LogP contribution >= 0.6 is 0 Å². The van der Waals surface area contributed by atoms with Crippen LogP contribution in [0.3, 0.4) is 0 Å². The molecule has 106 valence electrons. The minimum atomic E-state index is 0.155. The molecule has 0 aliphatic carbocycles. The highest BCUT2D eigenvalue weighted by atomic mass is 16.2. The fraction of sp³-hybridized carbons (Fsp3) is 0.562. The third-order valence-electron chi connectivity index (χ3n) is 5.41. The Bertz CT molecular complexity index is 536. The van der Waals surface area contributed by atoms with E-state index >= 15 is 0 Å². The molecule has 2 N–H and O–H groups in total. The summed E-state index contributed by atoms with van der Waals surface area (Å²) in [4.78, 5) is 15.7. The molecular weight excluding hydrogens is 250 g/mol. The van der Waals surface area contributed by atoms with Gasteiger partial charge in [0.25, 0.3) is 0 Å². The Morgan fingerprint density at radius 3 is 2.80 bits per heavy atom. The third-order valence-corrected chi connectivity index (χ3v) is 5.41. The standard InChI is InChI=1S/C16H21N3O/c1-11(20)19-10-15-16(12-6-8-18(15)9-7-12)17-13-4-2-3-5-14(13)19/h2-5,12,15-17H,6-10H2,1H3/p+1. The van der Waals surface area contributed by atoms with Crippen LogP contribution in [0.4, 0.5) is 11.4 Å². The Hall–Kier alpha value is -1.55. The van der Waals surface area contributed by atoms with Gasteiger partial charge in [0.1, 0.15) is 6.04 Å². The lowest BCUT2D eigenvalue weighted by atomic mass is 9.78. The first-order valence-electron chi connectivity index (χ1n) is 7.72. The SMILES string of the molecule is CC(=O)N1CC2C(Nc3ccccc31)C1CC[NH+]2CC1. The maximum atomic E-state index is 12.1. The van der Waals surface area contributed by atoms with Gasteiger partial charge in [0.15, 0.2) is 0 Å². The van der Waals surface area contributed by atoms with E-state index in [0.29, 0.717) is 12.1 Å². The van der Waals surface area contributed by atoms with Crippen molar-refractivity contribution in [3.8, 4) is 0 Å². The molecule has 3 saturated heterocycles. The number of piperidine rings is 3. The Balaban J connectivity index is 1.77. The number of benzene rings is 1. The smallest absolute Gasteiger partial charge is 0.224 e. The number of rotatable bonds is 0. The summed E-state index contributed by atoms with van der Waals surface area (Å²) in [6.07, 6.45) is 2.65. The summed E-state index contributed by atoms with van der Waals surface area (Å²) in [6, 6.07) is 9.32. The Morgan fingerprint density at radius 2 is 2.05 bits per heavy atom. The quantitative estimate of drug-likeness (QED) is 0.722. The van der Waals surface area contributed by atoms with Crippen LogP contribution in [-0.2, 0) is 4.79 Å².